The Morgan fingerprint density at radius 1 is 0.733 bits per heavy atom. The fourth-order valence-corrected chi connectivity index (χ4v) is 4.48. The Balaban J connectivity index is 1.76. The highest BCUT2D eigenvalue weighted by Crippen LogP contribution is 2.41. The first-order chi connectivity index (χ1) is 14.7. The zero-order valence-electron chi connectivity index (χ0n) is 17.0. The van der Waals surface area contributed by atoms with Gasteiger partial charge in [-0.3, -0.25) is 0 Å². The monoisotopic (exact) mass is 387 g/mol. The molecule has 0 aliphatic carbocycles. The molecule has 0 N–H and O–H groups in total. The van der Waals surface area contributed by atoms with Gasteiger partial charge in [0, 0.05) is 21.7 Å². The quantitative estimate of drug-likeness (QED) is 0.300. The fourth-order valence-electron chi connectivity index (χ4n) is 4.48. The summed E-state index contributed by atoms with van der Waals surface area (Å²) in [6.07, 6.45) is 0. The van der Waals surface area contributed by atoms with Crippen LogP contribution in [0.15, 0.2) is 89.3 Å². The van der Waals surface area contributed by atoms with Crippen molar-refractivity contribution in [3.8, 4) is 11.3 Å². The van der Waals surface area contributed by atoms with Crippen LogP contribution in [0.5, 0.6) is 0 Å². The van der Waals surface area contributed by atoms with E-state index < -0.39 is 0 Å². The smallest absolute Gasteiger partial charge is 0.162 e. The summed E-state index contributed by atoms with van der Waals surface area (Å²) in [7, 11) is 0. The van der Waals surface area contributed by atoms with E-state index in [1.807, 2.05) is 18.2 Å². The normalized spacial score (nSPS) is 12.0. The predicted octanol–water partition coefficient (Wildman–Crippen LogP) is 8.08. The Bertz CT molecular complexity index is 1570. The highest BCUT2D eigenvalue weighted by molar-refractivity contribution is 6.21. The number of hydrogen-bond acceptors (Lipinski definition) is 2. The molecule has 2 nitrogen and oxygen atoms in total. The molecule has 0 saturated carbocycles. The molecular weight excluding hydrogens is 366 g/mol. The molecule has 6 aromatic rings. The number of hydrogen-bond donors (Lipinski definition) is 0. The number of benzene rings is 4. The van der Waals surface area contributed by atoms with Gasteiger partial charge in [-0.1, -0.05) is 86.6 Å². The number of para-hydroxylation sites is 2. The Morgan fingerprint density at radius 2 is 1.53 bits per heavy atom. The van der Waals surface area contributed by atoms with Gasteiger partial charge < -0.3 is 4.42 Å². The van der Waals surface area contributed by atoms with E-state index in [4.69, 9.17) is 9.40 Å². The van der Waals surface area contributed by atoms with Crippen LogP contribution in [0.1, 0.15) is 25.3 Å². The average molecular weight is 387 g/mol. The van der Waals surface area contributed by atoms with Crippen LogP contribution in [0.2, 0.25) is 0 Å². The van der Waals surface area contributed by atoms with Crippen LogP contribution in [0, 0.1) is 0 Å². The van der Waals surface area contributed by atoms with E-state index in [9.17, 15) is 0 Å². The van der Waals surface area contributed by atoms with E-state index in [0.29, 0.717) is 5.92 Å². The van der Waals surface area contributed by atoms with Crippen molar-refractivity contribution in [2.24, 2.45) is 0 Å². The summed E-state index contributed by atoms with van der Waals surface area (Å²) in [5.74, 6) is 0.499. The molecule has 0 amide bonds. The molecule has 2 heterocycles. The molecule has 0 fully saturated rings. The van der Waals surface area contributed by atoms with Gasteiger partial charge in [-0.05, 0) is 34.4 Å². The molecule has 0 atom stereocenters. The number of furan rings is 1. The number of pyridine rings is 1. The lowest BCUT2D eigenvalue weighted by atomic mass is 9.95. The van der Waals surface area contributed by atoms with Crippen LogP contribution in [0.3, 0.4) is 0 Å². The van der Waals surface area contributed by atoms with Crippen molar-refractivity contribution in [3.05, 3.63) is 90.5 Å². The second-order valence-electron chi connectivity index (χ2n) is 8.22. The molecule has 0 radical (unpaired) electrons. The van der Waals surface area contributed by atoms with E-state index >= 15 is 0 Å². The summed E-state index contributed by atoms with van der Waals surface area (Å²) in [6.45, 7) is 4.46. The first-order valence-electron chi connectivity index (χ1n) is 10.4. The van der Waals surface area contributed by atoms with Gasteiger partial charge in [-0.25, -0.2) is 4.98 Å². The third kappa shape index (κ3) is 2.47. The van der Waals surface area contributed by atoms with Crippen LogP contribution in [-0.2, 0) is 0 Å². The second kappa shape index (κ2) is 6.43. The molecule has 0 unspecified atom stereocenters. The van der Waals surface area contributed by atoms with Crippen LogP contribution in [-0.4, -0.2) is 4.98 Å². The zero-order chi connectivity index (χ0) is 20.2. The maximum absolute atomic E-state index is 6.39. The Hall–Kier alpha value is -3.65. The lowest BCUT2D eigenvalue weighted by Gasteiger charge is -2.11. The van der Waals surface area contributed by atoms with Gasteiger partial charge in [0.2, 0.25) is 0 Å². The summed E-state index contributed by atoms with van der Waals surface area (Å²) in [5, 5.41) is 5.84. The third-order valence-electron chi connectivity index (χ3n) is 6.04. The molecule has 30 heavy (non-hydrogen) atoms. The molecule has 0 aliphatic rings. The number of aromatic nitrogens is 1. The van der Waals surface area contributed by atoms with Gasteiger partial charge in [-0.2, -0.15) is 0 Å². The van der Waals surface area contributed by atoms with Crippen LogP contribution >= 0.6 is 0 Å². The number of nitrogens with zero attached hydrogens (tertiary/aromatic N) is 1. The summed E-state index contributed by atoms with van der Waals surface area (Å²) in [5.41, 5.74) is 6.10. The van der Waals surface area contributed by atoms with Crippen molar-refractivity contribution in [1.29, 1.82) is 0 Å². The summed E-state index contributed by atoms with van der Waals surface area (Å²) in [6, 6.07) is 29.8. The molecule has 0 saturated heterocycles. The van der Waals surface area contributed by atoms with Crippen molar-refractivity contribution in [2.45, 2.75) is 19.8 Å². The molecule has 2 aromatic heterocycles. The lowest BCUT2D eigenvalue weighted by Crippen LogP contribution is -1.91. The van der Waals surface area contributed by atoms with E-state index in [0.717, 1.165) is 44.1 Å². The van der Waals surface area contributed by atoms with Crippen molar-refractivity contribution in [3.63, 3.8) is 0 Å². The summed E-state index contributed by atoms with van der Waals surface area (Å²) in [4.78, 5) is 5.08. The van der Waals surface area contributed by atoms with Crippen molar-refractivity contribution < 1.29 is 4.42 Å². The molecule has 0 aliphatic heterocycles. The number of rotatable bonds is 2. The summed E-state index contributed by atoms with van der Waals surface area (Å²) < 4.78 is 6.39. The van der Waals surface area contributed by atoms with Gasteiger partial charge in [0.15, 0.2) is 5.58 Å². The highest BCUT2D eigenvalue weighted by atomic mass is 16.3. The van der Waals surface area contributed by atoms with Gasteiger partial charge in [0.1, 0.15) is 11.3 Å². The highest BCUT2D eigenvalue weighted by Gasteiger charge is 2.18. The van der Waals surface area contributed by atoms with E-state index in [2.05, 4.69) is 80.6 Å². The SMILES string of the molecule is CC(C)c1ccc2c(-c3nc4ccccc4c4c3oc3ccccc34)cccc2c1. The largest absolute Gasteiger partial charge is 0.454 e. The summed E-state index contributed by atoms with van der Waals surface area (Å²) >= 11 is 0. The average Bonchev–Trinajstić information content (AvgIpc) is 3.18. The molecular formula is C28H21NO. The Labute approximate surface area is 174 Å². The zero-order valence-corrected chi connectivity index (χ0v) is 17.0. The Kier molecular flexibility index (Phi) is 3.69. The minimum absolute atomic E-state index is 0.499. The van der Waals surface area contributed by atoms with Crippen molar-refractivity contribution in [1.82, 2.24) is 4.98 Å². The lowest BCUT2D eigenvalue weighted by molar-refractivity contribution is 0.669. The van der Waals surface area contributed by atoms with Gasteiger partial charge in [-0.15, -0.1) is 0 Å². The third-order valence-corrected chi connectivity index (χ3v) is 6.04. The van der Waals surface area contributed by atoms with E-state index in [1.165, 1.54) is 16.3 Å². The standard InChI is InChI=1S/C28H21NO/c1-17(2)18-14-15-20-19(16-18)8-7-11-21(20)27-28-26(22-9-3-5-12-24(22)29-27)23-10-4-6-13-25(23)30-28/h3-17H,1-2H3. The fraction of sp³-hybridized carbons (Fsp3) is 0.107. The molecule has 4 aromatic carbocycles. The van der Waals surface area contributed by atoms with E-state index in [1.54, 1.807) is 0 Å². The second-order valence-corrected chi connectivity index (χ2v) is 8.22. The van der Waals surface area contributed by atoms with Gasteiger partial charge >= 0.3 is 0 Å². The van der Waals surface area contributed by atoms with Crippen LogP contribution < -0.4 is 0 Å². The number of fused-ring (bicyclic) bond motifs is 6. The molecule has 0 spiro atoms. The van der Waals surface area contributed by atoms with Crippen molar-refractivity contribution >= 4 is 43.6 Å². The van der Waals surface area contributed by atoms with Crippen LogP contribution in [0.25, 0.3) is 54.9 Å². The maximum Gasteiger partial charge on any atom is 0.162 e. The molecule has 6 rings (SSSR count). The maximum atomic E-state index is 6.39. The minimum Gasteiger partial charge on any atom is -0.454 e. The Morgan fingerprint density at radius 3 is 2.40 bits per heavy atom. The molecule has 144 valence electrons. The van der Waals surface area contributed by atoms with Crippen molar-refractivity contribution in [2.75, 3.05) is 0 Å². The topological polar surface area (TPSA) is 26.0 Å². The molecule has 2 heteroatoms. The minimum atomic E-state index is 0.499. The van der Waals surface area contributed by atoms with E-state index in [-0.39, 0.29) is 0 Å². The predicted molar refractivity (Wildman–Crippen MR) is 126 cm³/mol. The van der Waals surface area contributed by atoms with Gasteiger partial charge in [0.25, 0.3) is 0 Å². The first kappa shape index (κ1) is 17.2. The first-order valence-corrected chi connectivity index (χ1v) is 10.4. The van der Waals surface area contributed by atoms with Gasteiger partial charge in [0.05, 0.1) is 5.52 Å². The molecule has 0 bridgehead atoms. The van der Waals surface area contributed by atoms with Crippen LogP contribution in [0.4, 0.5) is 0 Å².